The number of anilines is 3. The summed E-state index contributed by atoms with van der Waals surface area (Å²) in [5, 5.41) is 10.7. The Bertz CT molecular complexity index is 577. The molecular formula is C13H22N8. The van der Waals surface area contributed by atoms with Gasteiger partial charge in [-0.3, -0.25) is 4.68 Å². The van der Waals surface area contributed by atoms with E-state index in [9.17, 15) is 0 Å². The van der Waals surface area contributed by atoms with Gasteiger partial charge in [-0.15, -0.1) is 0 Å². The van der Waals surface area contributed by atoms with Gasteiger partial charge in [-0.05, 0) is 12.5 Å². The van der Waals surface area contributed by atoms with E-state index in [1.807, 2.05) is 38.3 Å². The van der Waals surface area contributed by atoms with Crippen LogP contribution in [0.15, 0.2) is 12.3 Å². The topological polar surface area (TPSA) is 83.8 Å². The number of nitrogens with one attached hydrogen (secondary N) is 2. The summed E-state index contributed by atoms with van der Waals surface area (Å²) >= 11 is 0. The first-order valence-electron chi connectivity index (χ1n) is 6.98. The van der Waals surface area contributed by atoms with Crippen molar-refractivity contribution in [2.75, 3.05) is 36.2 Å². The van der Waals surface area contributed by atoms with Crippen molar-refractivity contribution in [3.8, 4) is 0 Å². The molecule has 0 aliphatic carbocycles. The van der Waals surface area contributed by atoms with Gasteiger partial charge in [0.25, 0.3) is 0 Å². The van der Waals surface area contributed by atoms with Crippen molar-refractivity contribution in [3.05, 3.63) is 18.0 Å². The van der Waals surface area contributed by atoms with Crippen molar-refractivity contribution in [1.82, 2.24) is 24.7 Å². The molecule has 2 heterocycles. The van der Waals surface area contributed by atoms with Gasteiger partial charge >= 0.3 is 0 Å². The minimum atomic E-state index is 0.540. The third-order valence-corrected chi connectivity index (χ3v) is 2.75. The molecule has 0 bridgehead atoms. The second-order valence-corrected chi connectivity index (χ2v) is 4.94. The summed E-state index contributed by atoms with van der Waals surface area (Å²) in [4.78, 5) is 15.0. The molecule has 8 nitrogen and oxygen atoms in total. The van der Waals surface area contributed by atoms with Crippen LogP contribution in [0.1, 0.15) is 19.0 Å². The lowest BCUT2D eigenvalue weighted by atomic mass is 10.4. The standard InChI is InChI=1S/C13H22N8/c1-5-7-14-11-16-12(18-13(17-11)20(2)3)15-9-10-6-8-21(4)19-10/h6,8H,5,7,9H2,1-4H3,(H2,14,15,16,17,18). The van der Waals surface area contributed by atoms with Crippen molar-refractivity contribution in [3.63, 3.8) is 0 Å². The van der Waals surface area contributed by atoms with E-state index in [0.29, 0.717) is 24.4 Å². The third-order valence-electron chi connectivity index (χ3n) is 2.75. The van der Waals surface area contributed by atoms with Gasteiger partial charge in [-0.2, -0.15) is 20.1 Å². The van der Waals surface area contributed by atoms with Gasteiger partial charge in [0, 0.05) is 33.9 Å². The first kappa shape index (κ1) is 15.0. The Hall–Kier alpha value is -2.38. The van der Waals surface area contributed by atoms with Crippen molar-refractivity contribution in [1.29, 1.82) is 0 Å². The highest BCUT2D eigenvalue weighted by atomic mass is 15.3. The smallest absolute Gasteiger partial charge is 0.231 e. The Morgan fingerprint density at radius 3 is 2.43 bits per heavy atom. The molecule has 2 aromatic rings. The zero-order valence-corrected chi connectivity index (χ0v) is 13.0. The third kappa shape index (κ3) is 4.30. The average molecular weight is 290 g/mol. The van der Waals surface area contributed by atoms with E-state index in [4.69, 9.17) is 0 Å². The van der Waals surface area contributed by atoms with E-state index in [1.165, 1.54) is 0 Å². The molecule has 2 aromatic heterocycles. The highest BCUT2D eigenvalue weighted by molar-refractivity contribution is 5.43. The van der Waals surface area contributed by atoms with Crippen LogP contribution in [-0.4, -0.2) is 45.4 Å². The molecule has 0 saturated carbocycles. The van der Waals surface area contributed by atoms with E-state index in [2.05, 4.69) is 37.6 Å². The average Bonchev–Trinajstić information content (AvgIpc) is 2.88. The predicted octanol–water partition coefficient (Wildman–Crippen LogP) is 1.11. The molecule has 0 saturated heterocycles. The Balaban J connectivity index is 2.11. The van der Waals surface area contributed by atoms with Crippen molar-refractivity contribution < 1.29 is 0 Å². The largest absolute Gasteiger partial charge is 0.354 e. The van der Waals surface area contributed by atoms with E-state index < -0.39 is 0 Å². The van der Waals surface area contributed by atoms with Crippen LogP contribution in [0.4, 0.5) is 17.8 Å². The maximum atomic E-state index is 4.38. The van der Waals surface area contributed by atoms with Crippen LogP contribution in [0.5, 0.6) is 0 Å². The van der Waals surface area contributed by atoms with Gasteiger partial charge in [0.15, 0.2) is 0 Å². The fourth-order valence-electron chi connectivity index (χ4n) is 1.69. The van der Waals surface area contributed by atoms with Crippen molar-refractivity contribution in [2.45, 2.75) is 19.9 Å². The molecule has 8 heteroatoms. The molecule has 0 amide bonds. The summed E-state index contributed by atoms with van der Waals surface area (Å²) in [6, 6.07) is 1.96. The molecule has 0 aliphatic rings. The molecule has 0 unspecified atom stereocenters. The zero-order valence-electron chi connectivity index (χ0n) is 13.0. The Kier molecular flexibility index (Phi) is 4.91. The Labute approximate surface area is 124 Å². The number of nitrogens with zero attached hydrogens (tertiary/aromatic N) is 6. The lowest BCUT2D eigenvalue weighted by Crippen LogP contribution is -2.17. The first-order valence-corrected chi connectivity index (χ1v) is 6.98. The molecule has 114 valence electrons. The SMILES string of the molecule is CCCNc1nc(NCc2ccn(C)n2)nc(N(C)C)n1. The maximum absolute atomic E-state index is 4.38. The van der Waals surface area contributed by atoms with Gasteiger partial charge in [-0.25, -0.2) is 0 Å². The number of hydrogen-bond donors (Lipinski definition) is 2. The molecule has 0 spiro atoms. The van der Waals surface area contributed by atoms with E-state index >= 15 is 0 Å². The molecule has 0 aromatic carbocycles. The maximum Gasteiger partial charge on any atom is 0.231 e. The zero-order chi connectivity index (χ0) is 15.2. The van der Waals surface area contributed by atoms with Crippen LogP contribution >= 0.6 is 0 Å². The summed E-state index contributed by atoms with van der Waals surface area (Å²) in [5.74, 6) is 1.74. The molecule has 0 aliphatic heterocycles. The molecule has 2 N–H and O–H groups in total. The van der Waals surface area contributed by atoms with Gasteiger partial charge in [0.05, 0.1) is 12.2 Å². The van der Waals surface area contributed by atoms with Crippen LogP contribution in [0, 0.1) is 0 Å². The molecule has 0 atom stereocenters. The van der Waals surface area contributed by atoms with Gasteiger partial charge in [0.1, 0.15) is 0 Å². The summed E-state index contributed by atoms with van der Waals surface area (Å²) in [6.07, 6.45) is 2.92. The van der Waals surface area contributed by atoms with Crippen LogP contribution in [0.25, 0.3) is 0 Å². The molecule has 21 heavy (non-hydrogen) atoms. The fraction of sp³-hybridized carbons (Fsp3) is 0.538. The second-order valence-electron chi connectivity index (χ2n) is 4.94. The summed E-state index contributed by atoms with van der Waals surface area (Å²) in [7, 11) is 5.70. The quantitative estimate of drug-likeness (QED) is 0.790. The predicted molar refractivity (Wildman–Crippen MR) is 83.5 cm³/mol. The van der Waals surface area contributed by atoms with Crippen molar-refractivity contribution >= 4 is 17.8 Å². The molecule has 0 fully saturated rings. The van der Waals surface area contributed by atoms with Gasteiger partial charge in [0.2, 0.25) is 17.8 Å². The molecule has 2 rings (SSSR count). The van der Waals surface area contributed by atoms with E-state index in [-0.39, 0.29) is 0 Å². The van der Waals surface area contributed by atoms with Gasteiger partial charge in [-0.1, -0.05) is 6.92 Å². The van der Waals surface area contributed by atoms with Crippen molar-refractivity contribution in [2.24, 2.45) is 7.05 Å². The van der Waals surface area contributed by atoms with E-state index in [1.54, 1.807) is 4.68 Å². The number of aromatic nitrogens is 5. The Morgan fingerprint density at radius 2 is 1.86 bits per heavy atom. The Morgan fingerprint density at radius 1 is 1.14 bits per heavy atom. The molecular weight excluding hydrogens is 268 g/mol. The van der Waals surface area contributed by atoms with E-state index in [0.717, 1.165) is 18.7 Å². The normalized spacial score (nSPS) is 10.5. The van der Waals surface area contributed by atoms with Crippen LogP contribution < -0.4 is 15.5 Å². The minimum Gasteiger partial charge on any atom is -0.354 e. The number of aryl methyl sites for hydroxylation is 1. The van der Waals surface area contributed by atoms with Gasteiger partial charge < -0.3 is 15.5 Å². The van der Waals surface area contributed by atoms with Crippen LogP contribution in [0.2, 0.25) is 0 Å². The number of rotatable bonds is 7. The molecule has 0 radical (unpaired) electrons. The summed E-state index contributed by atoms with van der Waals surface area (Å²) in [5.41, 5.74) is 0.937. The highest BCUT2D eigenvalue weighted by Crippen LogP contribution is 2.12. The summed E-state index contributed by atoms with van der Waals surface area (Å²) in [6.45, 7) is 3.50. The second kappa shape index (κ2) is 6.87. The first-order chi connectivity index (χ1) is 10.1. The monoisotopic (exact) mass is 290 g/mol. The summed E-state index contributed by atoms with van der Waals surface area (Å²) < 4.78 is 1.77. The minimum absolute atomic E-state index is 0.540. The lowest BCUT2D eigenvalue weighted by Gasteiger charge is -2.13. The van der Waals surface area contributed by atoms with Crippen LogP contribution in [-0.2, 0) is 13.6 Å². The fourth-order valence-corrected chi connectivity index (χ4v) is 1.69. The highest BCUT2D eigenvalue weighted by Gasteiger charge is 2.08. The lowest BCUT2D eigenvalue weighted by molar-refractivity contribution is 0.746. The van der Waals surface area contributed by atoms with Crippen LogP contribution in [0.3, 0.4) is 0 Å². The number of hydrogen-bond acceptors (Lipinski definition) is 7.